The van der Waals surface area contributed by atoms with E-state index >= 15 is 0 Å². The van der Waals surface area contributed by atoms with Crippen LogP contribution in [0.15, 0.2) is 53.4 Å². The number of aryl methyl sites for hydroxylation is 1. The molecule has 2 aromatic carbocycles. The van der Waals surface area contributed by atoms with Crippen LogP contribution in [0.5, 0.6) is 0 Å². The molecule has 1 unspecified atom stereocenters. The molecule has 0 aromatic heterocycles. The molecule has 0 saturated heterocycles. The van der Waals surface area contributed by atoms with Crippen molar-refractivity contribution in [3.63, 3.8) is 0 Å². The molecule has 0 aliphatic heterocycles. The molecule has 118 valence electrons. The molecule has 2 aromatic rings. The lowest BCUT2D eigenvalue weighted by molar-refractivity contribution is -0.136. The fourth-order valence-corrected chi connectivity index (χ4v) is 3.28. The fraction of sp³-hybridized carbons (Fsp3) is 0.222. The monoisotopic (exact) mass is 326 g/mol. The average Bonchev–Trinajstić information content (AvgIpc) is 2.98. The van der Waals surface area contributed by atoms with Gasteiger partial charge in [0.2, 0.25) is 0 Å². The van der Waals surface area contributed by atoms with Crippen molar-refractivity contribution in [2.45, 2.75) is 23.8 Å². The molecule has 5 heteroatoms. The molecule has 0 saturated carbocycles. The van der Waals surface area contributed by atoms with E-state index in [1.807, 2.05) is 42.7 Å². The van der Waals surface area contributed by atoms with Gasteiger partial charge in [-0.25, -0.2) is 0 Å². The van der Waals surface area contributed by atoms with Gasteiger partial charge < -0.3 is 10.6 Å². The third kappa shape index (κ3) is 3.56. The molecule has 0 heterocycles. The van der Waals surface area contributed by atoms with E-state index in [0.29, 0.717) is 5.69 Å². The Morgan fingerprint density at radius 2 is 1.91 bits per heavy atom. The van der Waals surface area contributed by atoms with Gasteiger partial charge in [-0.3, -0.25) is 9.59 Å². The molecule has 0 bridgehead atoms. The Morgan fingerprint density at radius 3 is 2.74 bits per heavy atom. The highest BCUT2D eigenvalue weighted by Gasteiger charge is 2.25. The second kappa shape index (κ2) is 6.87. The number of carbonyl (C=O) groups is 2. The molecule has 4 nitrogen and oxygen atoms in total. The van der Waals surface area contributed by atoms with Crippen molar-refractivity contribution in [1.82, 2.24) is 5.32 Å². The SMILES string of the molecule is CSc1cccc(NC(=O)C(=O)NC2CCc3ccccc32)c1. The fourth-order valence-electron chi connectivity index (χ4n) is 2.82. The molecule has 1 atom stereocenters. The number of hydrogen-bond donors (Lipinski definition) is 2. The number of rotatable bonds is 3. The van der Waals surface area contributed by atoms with E-state index < -0.39 is 11.8 Å². The molecule has 3 rings (SSSR count). The maximum Gasteiger partial charge on any atom is 0.313 e. The smallest absolute Gasteiger partial charge is 0.313 e. The summed E-state index contributed by atoms with van der Waals surface area (Å²) in [5.74, 6) is -1.23. The number of amides is 2. The van der Waals surface area contributed by atoms with E-state index in [1.54, 1.807) is 17.8 Å². The van der Waals surface area contributed by atoms with E-state index in [-0.39, 0.29) is 6.04 Å². The molecule has 1 aliphatic carbocycles. The summed E-state index contributed by atoms with van der Waals surface area (Å²) in [6, 6.07) is 15.4. The number of benzene rings is 2. The van der Waals surface area contributed by atoms with Gasteiger partial charge >= 0.3 is 11.8 Å². The predicted molar refractivity (Wildman–Crippen MR) is 92.5 cm³/mol. The number of fused-ring (bicyclic) bond motifs is 1. The summed E-state index contributed by atoms with van der Waals surface area (Å²) in [6.45, 7) is 0. The first-order valence-electron chi connectivity index (χ1n) is 7.51. The highest BCUT2D eigenvalue weighted by Crippen LogP contribution is 2.30. The molecule has 0 spiro atoms. The molecular weight excluding hydrogens is 308 g/mol. The zero-order valence-electron chi connectivity index (χ0n) is 12.8. The molecule has 0 radical (unpaired) electrons. The summed E-state index contributed by atoms with van der Waals surface area (Å²) in [5, 5.41) is 5.48. The van der Waals surface area contributed by atoms with Gasteiger partial charge in [-0.15, -0.1) is 11.8 Å². The highest BCUT2D eigenvalue weighted by molar-refractivity contribution is 7.98. The minimum atomic E-state index is -0.632. The summed E-state index contributed by atoms with van der Waals surface area (Å²) in [5.41, 5.74) is 2.98. The van der Waals surface area contributed by atoms with E-state index in [1.165, 1.54) is 5.56 Å². The van der Waals surface area contributed by atoms with Gasteiger partial charge in [0.05, 0.1) is 6.04 Å². The average molecular weight is 326 g/mol. The second-order valence-corrected chi connectivity index (χ2v) is 6.33. The van der Waals surface area contributed by atoms with Crippen LogP contribution in [-0.4, -0.2) is 18.1 Å². The van der Waals surface area contributed by atoms with Crippen LogP contribution in [0.2, 0.25) is 0 Å². The number of hydrogen-bond acceptors (Lipinski definition) is 3. The quantitative estimate of drug-likeness (QED) is 0.673. The van der Waals surface area contributed by atoms with Crippen molar-refractivity contribution in [2.75, 3.05) is 11.6 Å². The molecular formula is C18H18N2O2S. The zero-order valence-corrected chi connectivity index (χ0v) is 13.7. The Hall–Kier alpha value is -2.27. The minimum absolute atomic E-state index is 0.0815. The molecule has 1 aliphatic rings. The summed E-state index contributed by atoms with van der Waals surface area (Å²) in [4.78, 5) is 25.3. The van der Waals surface area contributed by atoms with Crippen LogP contribution in [-0.2, 0) is 16.0 Å². The molecule has 0 fully saturated rings. The van der Waals surface area contributed by atoms with Gasteiger partial charge in [0.1, 0.15) is 0 Å². The molecule has 23 heavy (non-hydrogen) atoms. The Morgan fingerprint density at radius 1 is 1.09 bits per heavy atom. The van der Waals surface area contributed by atoms with Crippen LogP contribution in [0.1, 0.15) is 23.6 Å². The van der Waals surface area contributed by atoms with E-state index in [4.69, 9.17) is 0 Å². The Kier molecular flexibility index (Phi) is 4.67. The van der Waals surface area contributed by atoms with Crippen LogP contribution in [0.3, 0.4) is 0 Å². The van der Waals surface area contributed by atoms with Gasteiger partial charge in [-0.05, 0) is 48.4 Å². The summed E-state index contributed by atoms with van der Waals surface area (Å²) >= 11 is 1.59. The lowest BCUT2D eigenvalue weighted by atomic mass is 10.1. The van der Waals surface area contributed by atoms with Crippen LogP contribution in [0.25, 0.3) is 0 Å². The number of thioether (sulfide) groups is 1. The van der Waals surface area contributed by atoms with Crippen LogP contribution >= 0.6 is 11.8 Å². The summed E-state index contributed by atoms with van der Waals surface area (Å²) in [7, 11) is 0. The summed E-state index contributed by atoms with van der Waals surface area (Å²) in [6.07, 6.45) is 3.73. The lowest BCUT2D eigenvalue weighted by Crippen LogP contribution is -2.37. The molecule has 2 amide bonds. The normalized spacial score (nSPS) is 15.8. The van der Waals surface area contributed by atoms with Crippen LogP contribution in [0, 0.1) is 0 Å². The summed E-state index contributed by atoms with van der Waals surface area (Å²) < 4.78 is 0. The van der Waals surface area contributed by atoms with Gasteiger partial charge in [-0.1, -0.05) is 30.3 Å². The van der Waals surface area contributed by atoms with E-state index in [9.17, 15) is 9.59 Å². The standard InChI is InChI=1S/C18H18N2O2S/c1-23-14-7-4-6-13(11-14)19-17(21)18(22)20-16-10-9-12-5-2-3-8-15(12)16/h2-8,11,16H,9-10H2,1H3,(H,19,21)(H,20,22). The topological polar surface area (TPSA) is 58.2 Å². The first-order chi connectivity index (χ1) is 11.2. The van der Waals surface area contributed by atoms with Crippen LogP contribution < -0.4 is 10.6 Å². The zero-order chi connectivity index (χ0) is 16.2. The predicted octanol–water partition coefficient (Wildman–Crippen LogP) is 3.15. The largest absolute Gasteiger partial charge is 0.341 e. The Bertz CT molecular complexity index is 745. The maximum atomic E-state index is 12.1. The van der Waals surface area contributed by atoms with Crippen molar-refractivity contribution in [3.8, 4) is 0 Å². The van der Waals surface area contributed by atoms with Gasteiger partial charge in [-0.2, -0.15) is 0 Å². The van der Waals surface area contributed by atoms with Crippen molar-refractivity contribution in [3.05, 3.63) is 59.7 Å². The Labute approximate surface area is 139 Å². The van der Waals surface area contributed by atoms with Crippen molar-refractivity contribution >= 4 is 29.3 Å². The van der Waals surface area contributed by atoms with Gasteiger partial charge in [0, 0.05) is 10.6 Å². The third-order valence-corrected chi connectivity index (χ3v) is 4.70. The lowest BCUT2D eigenvalue weighted by Gasteiger charge is -2.14. The highest BCUT2D eigenvalue weighted by atomic mass is 32.2. The van der Waals surface area contributed by atoms with Gasteiger partial charge in [0.15, 0.2) is 0 Å². The first kappa shape index (κ1) is 15.6. The molecule has 2 N–H and O–H groups in total. The van der Waals surface area contributed by atoms with Crippen LogP contribution in [0.4, 0.5) is 5.69 Å². The number of carbonyl (C=O) groups excluding carboxylic acids is 2. The number of nitrogens with one attached hydrogen (secondary N) is 2. The Balaban J connectivity index is 1.63. The number of anilines is 1. The van der Waals surface area contributed by atoms with E-state index in [2.05, 4.69) is 16.7 Å². The van der Waals surface area contributed by atoms with Gasteiger partial charge in [0.25, 0.3) is 0 Å². The van der Waals surface area contributed by atoms with Crippen molar-refractivity contribution in [1.29, 1.82) is 0 Å². The van der Waals surface area contributed by atoms with Crippen molar-refractivity contribution in [2.24, 2.45) is 0 Å². The maximum absolute atomic E-state index is 12.1. The van der Waals surface area contributed by atoms with Crippen molar-refractivity contribution < 1.29 is 9.59 Å². The third-order valence-electron chi connectivity index (χ3n) is 3.97. The van der Waals surface area contributed by atoms with E-state index in [0.717, 1.165) is 23.3 Å². The first-order valence-corrected chi connectivity index (χ1v) is 8.73. The minimum Gasteiger partial charge on any atom is -0.341 e. The second-order valence-electron chi connectivity index (χ2n) is 5.45.